The maximum absolute atomic E-state index is 5.48. The molecule has 0 aliphatic carbocycles. The summed E-state index contributed by atoms with van der Waals surface area (Å²) in [5.41, 5.74) is 0. The van der Waals surface area contributed by atoms with Crippen molar-refractivity contribution in [1.82, 2.24) is 0 Å². The van der Waals surface area contributed by atoms with Gasteiger partial charge in [-0.25, -0.2) is 0 Å². The van der Waals surface area contributed by atoms with Crippen molar-refractivity contribution in [3.63, 3.8) is 0 Å². The smallest absolute Gasteiger partial charge is 0.0466 e. The molecule has 0 unspecified atom stereocenters. The van der Waals surface area contributed by atoms with Gasteiger partial charge in [0.1, 0.15) is 0 Å². The zero-order chi connectivity index (χ0) is 8.74. The van der Waals surface area contributed by atoms with E-state index in [-0.39, 0.29) is 0 Å². The first-order valence-corrected chi connectivity index (χ1v) is 8.35. The predicted molar refractivity (Wildman–Crippen MR) is 53.9 cm³/mol. The van der Waals surface area contributed by atoms with Crippen LogP contribution in [0, 0.1) is 0 Å². The van der Waals surface area contributed by atoms with Gasteiger partial charge in [-0.1, -0.05) is 33.0 Å². The van der Waals surface area contributed by atoms with Gasteiger partial charge in [0.15, 0.2) is 0 Å². The van der Waals surface area contributed by atoms with Gasteiger partial charge in [-0.2, -0.15) is 0 Å². The Bertz CT molecular complexity index is 86.1. The second-order valence-corrected chi connectivity index (χ2v) is 9.90. The lowest BCUT2D eigenvalue weighted by molar-refractivity contribution is 0.143. The van der Waals surface area contributed by atoms with Crippen LogP contribution in [0.4, 0.5) is 0 Å². The molecular formula is C9H22OSi. The third kappa shape index (κ3) is 10.2. The molecule has 68 valence electrons. The fraction of sp³-hybridized carbons (Fsp3) is 1.00. The highest BCUT2D eigenvalue weighted by Crippen LogP contribution is 2.07. The summed E-state index contributed by atoms with van der Waals surface area (Å²) >= 11 is 0. The highest BCUT2D eigenvalue weighted by Gasteiger charge is 2.11. The lowest BCUT2D eigenvalue weighted by Crippen LogP contribution is -2.21. The Hall–Kier alpha value is 0.177. The number of rotatable bonds is 6. The van der Waals surface area contributed by atoms with Crippen molar-refractivity contribution in [1.29, 1.82) is 0 Å². The molecule has 0 spiro atoms. The minimum atomic E-state index is -0.842. The molecule has 0 radical (unpaired) electrons. The number of hydrogen-bond donors (Lipinski definition) is 0. The van der Waals surface area contributed by atoms with E-state index < -0.39 is 8.07 Å². The minimum absolute atomic E-state index is 0.842. The summed E-state index contributed by atoms with van der Waals surface area (Å²) < 4.78 is 5.48. The van der Waals surface area contributed by atoms with Gasteiger partial charge in [-0.3, -0.25) is 0 Å². The van der Waals surface area contributed by atoms with Crippen LogP contribution in [-0.2, 0) is 4.74 Å². The molecule has 0 N–H and O–H groups in total. The minimum Gasteiger partial charge on any atom is -0.382 e. The number of hydrogen-bond acceptors (Lipinski definition) is 1. The van der Waals surface area contributed by atoms with E-state index in [9.17, 15) is 0 Å². The molecule has 1 nitrogen and oxygen atoms in total. The zero-order valence-electron chi connectivity index (χ0n) is 8.44. The SMILES string of the molecule is CCCCOCC[Si](C)(C)C. The number of unbranched alkanes of at least 4 members (excludes halogenated alkanes) is 1. The van der Waals surface area contributed by atoms with Crippen molar-refractivity contribution in [2.75, 3.05) is 13.2 Å². The van der Waals surface area contributed by atoms with Crippen molar-refractivity contribution in [3.8, 4) is 0 Å². The molecule has 0 atom stereocenters. The summed E-state index contributed by atoms with van der Waals surface area (Å²) in [6.07, 6.45) is 2.46. The van der Waals surface area contributed by atoms with Crippen molar-refractivity contribution in [2.24, 2.45) is 0 Å². The summed E-state index contributed by atoms with van der Waals surface area (Å²) in [7, 11) is -0.842. The predicted octanol–water partition coefficient (Wildman–Crippen LogP) is 3.14. The van der Waals surface area contributed by atoms with Crippen molar-refractivity contribution >= 4 is 8.07 Å². The molecule has 0 heterocycles. The molecule has 0 bridgehead atoms. The van der Waals surface area contributed by atoms with Crippen LogP contribution in [0.2, 0.25) is 25.7 Å². The lowest BCUT2D eigenvalue weighted by Gasteiger charge is -2.14. The standard InChI is InChI=1S/C9H22OSi/c1-5-6-7-10-8-9-11(2,3)4/h5-9H2,1-4H3. The van der Waals surface area contributed by atoms with E-state index in [1.54, 1.807) is 0 Å². The molecule has 0 aromatic heterocycles. The van der Waals surface area contributed by atoms with Gasteiger partial charge in [0.25, 0.3) is 0 Å². The molecule has 0 saturated heterocycles. The first-order valence-electron chi connectivity index (χ1n) is 4.64. The molecule has 0 aromatic carbocycles. The Morgan fingerprint density at radius 2 is 1.73 bits per heavy atom. The Kier molecular flexibility index (Phi) is 5.87. The molecule has 2 heteroatoms. The molecule has 0 rings (SSSR count). The molecule has 0 amide bonds. The monoisotopic (exact) mass is 174 g/mol. The highest BCUT2D eigenvalue weighted by atomic mass is 28.3. The van der Waals surface area contributed by atoms with E-state index in [0.29, 0.717) is 0 Å². The first kappa shape index (κ1) is 11.2. The van der Waals surface area contributed by atoms with Crippen LogP contribution >= 0.6 is 0 Å². The molecule has 0 aliphatic heterocycles. The quantitative estimate of drug-likeness (QED) is 0.444. The molecule has 0 aromatic rings. The van der Waals surface area contributed by atoms with Gasteiger partial charge < -0.3 is 4.74 Å². The lowest BCUT2D eigenvalue weighted by atomic mass is 10.4. The third-order valence-electron chi connectivity index (χ3n) is 1.64. The summed E-state index contributed by atoms with van der Waals surface area (Å²) in [6, 6.07) is 1.30. The molecule has 0 saturated carbocycles. The molecule has 11 heavy (non-hydrogen) atoms. The van der Waals surface area contributed by atoms with Crippen molar-refractivity contribution < 1.29 is 4.74 Å². The summed E-state index contributed by atoms with van der Waals surface area (Å²) in [4.78, 5) is 0. The second-order valence-electron chi connectivity index (χ2n) is 4.28. The van der Waals surface area contributed by atoms with E-state index in [1.807, 2.05) is 0 Å². The number of ether oxygens (including phenoxy) is 1. The van der Waals surface area contributed by atoms with Gasteiger partial charge in [0.2, 0.25) is 0 Å². The van der Waals surface area contributed by atoms with Gasteiger partial charge in [-0.05, 0) is 12.5 Å². The van der Waals surface area contributed by atoms with Crippen LogP contribution in [0.15, 0.2) is 0 Å². The maximum atomic E-state index is 5.48. The third-order valence-corrected chi connectivity index (χ3v) is 3.34. The average molecular weight is 174 g/mol. The van der Waals surface area contributed by atoms with E-state index in [2.05, 4.69) is 26.6 Å². The van der Waals surface area contributed by atoms with Crippen LogP contribution in [-0.4, -0.2) is 21.3 Å². The molecule has 0 aliphatic rings. The van der Waals surface area contributed by atoms with Crippen molar-refractivity contribution in [2.45, 2.75) is 45.5 Å². The van der Waals surface area contributed by atoms with Crippen LogP contribution in [0.3, 0.4) is 0 Å². The van der Waals surface area contributed by atoms with E-state index in [0.717, 1.165) is 13.2 Å². The summed E-state index contributed by atoms with van der Waals surface area (Å²) in [5, 5.41) is 0. The van der Waals surface area contributed by atoms with Gasteiger partial charge in [0, 0.05) is 21.3 Å². The summed E-state index contributed by atoms with van der Waals surface area (Å²) in [5.74, 6) is 0. The Labute approximate surface area is 72.2 Å². The average Bonchev–Trinajstić information content (AvgIpc) is 1.85. The zero-order valence-corrected chi connectivity index (χ0v) is 9.44. The second kappa shape index (κ2) is 5.78. The van der Waals surface area contributed by atoms with E-state index in [1.165, 1.54) is 18.9 Å². The Morgan fingerprint density at radius 3 is 2.18 bits per heavy atom. The van der Waals surface area contributed by atoms with Gasteiger partial charge >= 0.3 is 0 Å². The van der Waals surface area contributed by atoms with Crippen LogP contribution in [0.1, 0.15) is 19.8 Å². The van der Waals surface area contributed by atoms with Crippen LogP contribution in [0.5, 0.6) is 0 Å². The summed E-state index contributed by atoms with van der Waals surface area (Å²) in [6.45, 7) is 11.3. The van der Waals surface area contributed by atoms with Gasteiger partial charge in [0.05, 0.1) is 0 Å². The van der Waals surface area contributed by atoms with Crippen LogP contribution < -0.4 is 0 Å². The largest absolute Gasteiger partial charge is 0.382 e. The Morgan fingerprint density at radius 1 is 1.09 bits per heavy atom. The maximum Gasteiger partial charge on any atom is 0.0466 e. The fourth-order valence-corrected chi connectivity index (χ4v) is 1.48. The van der Waals surface area contributed by atoms with Gasteiger partial charge in [-0.15, -0.1) is 0 Å². The van der Waals surface area contributed by atoms with E-state index in [4.69, 9.17) is 4.74 Å². The van der Waals surface area contributed by atoms with Crippen molar-refractivity contribution in [3.05, 3.63) is 0 Å². The molecular weight excluding hydrogens is 152 g/mol. The fourth-order valence-electron chi connectivity index (χ4n) is 0.727. The topological polar surface area (TPSA) is 9.23 Å². The normalized spacial score (nSPS) is 12.0. The van der Waals surface area contributed by atoms with Crippen LogP contribution in [0.25, 0.3) is 0 Å². The Balaban J connectivity index is 3.02. The molecule has 0 fully saturated rings. The highest BCUT2D eigenvalue weighted by molar-refractivity contribution is 6.76. The van der Waals surface area contributed by atoms with E-state index >= 15 is 0 Å². The first-order chi connectivity index (χ1) is 5.06.